The Morgan fingerprint density at radius 1 is 1.40 bits per heavy atom. The van der Waals surface area contributed by atoms with Crippen molar-refractivity contribution in [1.29, 1.82) is 5.26 Å². The number of nitrogens with zero attached hydrogens (tertiary/aromatic N) is 4. The number of hydrogen-bond acceptors (Lipinski definition) is 8. The summed E-state index contributed by atoms with van der Waals surface area (Å²) in [6.45, 7) is 0.611. The van der Waals surface area contributed by atoms with Crippen LogP contribution in [-0.4, -0.2) is 62.4 Å². The maximum atomic E-state index is 14.2. The predicted molar refractivity (Wildman–Crippen MR) is 123 cm³/mol. The zero-order chi connectivity index (χ0) is 25.5. The highest BCUT2D eigenvalue weighted by atomic mass is 35.5. The van der Waals surface area contributed by atoms with Crippen molar-refractivity contribution >= 4 is 40.7 Å². The molecule has 2 aliphatic rings. The highest BCUT2D eigenvalue weighted by Gasteiger charge is 2.51. The Morgan fingerprint density at radius 2 is 2.14 bits per heavy atom. The number of aromatic nitrogens is 1. The van der Waals surface area contributed by atoms with Crippen LogP contribution in [0.5, 0.6) is 0 Å². The number of nitriles is 1. The number of rotatable bonds is 6. The number of nitrogens with one attached hydrogen (secondary N) is 1. The number of thiazole rings is 1. The largest absolute Gasteiger partial charge is 0.480 e. The molecule has 0 saturated carbocycles. The monoisotopic (exact) mass is 521 g/mol. The molecule has 182 valence electrons. The van der Waals surface area contributed by atoms with Crippen LogP contribution in [0.25, 0.3) is 0 Å². The van der Waals surface area contributed by atoms with E-state index in [-0.39, 0.29) is 33.3 Å². The molecule has 3 heterocycles. The molecule has 0 aliphatic carbocycles. The van der Waals surface area contributed by atoms with Crippen LogP contribution in [-0.2, 0) is 9.59 Å². The molecule has 3 N–H and O–H groups in total. The zero-order valence-electron chi connectivity index (χ0n) is 18.1. The summed E-state index contributed by atoms with van der Waals surface area (Å²) in [7, 11) is 0. The standard InChI is InChI=1S/C22H18ClF2N5O4S/c1-10(30-9-22(24,25)7-14(30)20(31)32)16-15(21(33)34)17(12-3-2-11(8-26)6-13(12)23)29-18(28-16)19-27-4-5-35-19/h2-6,10,14,17H,7,9H2,1H3,(H,28,29)(H,31,32)(H,33,34)/t10-,14?,17-/m0/s1. The van der Waals surface area contributed by atoms with Gasteiger partial charge in [-0.05, 0) is 19.1 Å². The summed E-state index contributed by atoms with van der Waals surface area (Å²) in [5.74, 6) is -5.87. The van der Waals surface area contributed by atoms with Crippen molar-refractivity contribution in [1.82, 2.24) is 15.2 Å². The van der Waals surface area contributed by atoms with E-state index in [1.807, 2.05) is 6.07 Å². The summed E-state index contributed by atoms with van der Waals surface area (Å²) in [6, 6.07) is 2.53. The van der Waals surface area contributed by atoms with E-state index in [1.54, 1.807) is 5.38 Å². The molecule has 3 atom stereocenters. The lowest BCUT2D eigenvalue weighted by molar-refractivity contribution is -0.142. The topological polar surface area (TPSA) is 139 Å². The van der Waals surface area contributed by atoms with Gasteiger partial charge in [0.15, 0.2) is 10.8 Å². The summed E-state index contributed by atoms with van der Waals surface area (Å²) in [5.41, 5.74) is 0.274. The maximum Gasteiger partial charge on any atom is 0.335 e. The number of likely N-dealkylation sites (tertiary alicyclic amines) is 1. The number of aliphatic imine (C=N–C) groups is 1. The smallest absolute Gasteiger partial charge is 0.335 e. The number of carboxylic acids is 2. The van der Waals surface area contributed by atoms with E-state index >= 15 is 0 Å². The Hall–Kier alpha value is -3.40. The maximum absolute atomic E-state index is 14.2. The van der Waals surface area contributed by atoms with Gasteiger partial charge in [0, 0.05) is 40.3 Å². The first-order chi connectivity index (χ1) is 16.5. The minimum absolute atomic E-state index is 0.00655. The fraction of sp³-hybridized carbons (Fsp3) is 0.318. The highest BCUT2D eigenvalue weighted by Crippen LogP contribution is 2.40. The lowest BCUT2D eigenvalue weighted by Gasteiger charge is -2.35. The Kier molecular flexibility index (Phi) is 6.59. The molecule has 1 fully saturated rings. The van der Waals surface area contributed by atoms with E-state index < -0.39 is 49.0 Å². The molecule has 0 radical (unpaired) electrons. The van der Waals surface area contributed by atoms with Crippen LogP contribution in [0.4, 0.5) is 8.78 Å². The van der Waals surface area contributed by atoms with Gasteiger partial charge < -0.3 is 15.5 Å². The highest BCUT2D eigenvalue weighted by molar-refractivity contribution is 7.11. The van der Waals surface area contributed by atoms with Gasteiger partial charge in [-0.25, -0.2) is 18.6 Å². The second-order valence-corrected chi connectivity index (χ2v) is 9.39. The van der Waals surface area contributed by atoms with Crippen molar-refractivity contribution in [2.75, 3.05) is 6.54 Å². The van der Waals surface area contributed by atoms with Crippen LogP contribution in [0.3, 0.4) is 0 Å². The van der Waals surface area contributed by atoms with E-state index in [0.29, 0.717) is 5.01 Å². The summed E-state index contributed by atoms with van der Waals surface area (Å²) in [5, 5.41) is 34.0. The second-order valence-electron chi connectivity index (χ2n) is 8.09. The van der Waals surface area contributed by atoms with Crippen LogP contribution in [0.2, 0.25) is 5.02 Å². The molecule has 0 amide bonds. The third kappa shape index (κ3) is 4.75. The predicted octanol–water partition coefficient (Wildman–Crippen LogP) is 3.28. The van der Waals surface area contributed by atoms with Crippen LogP contribution >= 0.6 is 22.9 Å². The Morgan fingerprint density at radius 3 is 2.71 bits per heavy atom. The Balaban J connectivity index is 1.88. The zero-order valence-corrected chi connectivity index (χ0v) is 19.6. The number of amidine groups is 1. The number of aliphatic carboxylic acids is 2. The molecule has 9 nitrogen and oxygen atoms in total. The van der Waals surface area contributed by atoms with Gasteiger partial charge in [-0.15, -0.1) is 11.3 Å². The van der Waals surface area contributed by atoms with Crippen molar-refractivity contribution in [3.05, 3.63) is 62.2 Å². The number of halogens is 3. The molecule has 1 aromatic carbocycles. The molecule has 0 spiro atoms. The fourth-order valence-electron chi connectivity index (χ4n) is 4.27. The van der Waals surface area contributed by atoms with Crippen molar-refractivity contribution in [2.45, 2.75) is 37.4 Å². The van der Waals surface area contributed by atoms with E-state index in [9.17, 15) is 28.6 Å². The van der Waals surface area contributed by atoms with Gasteiger partial charge in [0.2, 0.25) is 0 Å². The molecule has 2 aromatic rings. The van der Waals surface area contributed by atoms with E-state index in [2.05, 4.69) is 15.3 Å². The molecule has 4 rings (SSSR count). The van der Waals surface area contributed by atoms with Crippen molar-refractivity contribution in [3.63, 3.8) is 0 Å². The molecule has 1 unspecified atom stereocenters. The average Bonchev–Trinajstić information content (AvgIpc) is 3.45. The average molecular weight is 522 g/mol. The minimum atomic E-state index is -3.25. The molecule has 35 heavy (non-hydrogen) atoms. The fourth-order valence-corrected chi connectivity index (χ4v) is 5.14. The molecule has 1 saturated heterocycles. The molecule has 0 bridgehead atoms. The van der Waals surface area contributed by atoms with Gasteiger partial charge in [0.25, 0.3) is 5.92 Å². The minimum Gasteiger partial charge on any atom is -0.480 e. The normalized spacial score (nSPS) is 22.8. The number of alkyl halides is 2. The summed E-state index contributed by atoms with van der Waals surface area (Å²) in [6.07, 6.45) is 0.634. The van der Waals surface area contributed by atoms with Crippen LogP contribution < -0.4 is 5.32 Å². The van der Waals surface area contributed by atoms with Gasteiger partial charge >= 0.3 is 11.9 Å². The SMILES string of the molecule is C[C@@H](C1=C(C(=O)O)[C@H](c2ccc(C#N)cc2Cl)N=C(c2nccs2)N1)N1CC(F)(F)CC1C(=O)O. The Labute approximate surface area is 207 Å². The molecule has 1 aromatic heterocycles. The molecular weight excluding hydrogens is 504 g/mol. The van der Waals surface area contributed by atoms with Gasteiger partial charge in [-0.2, -0.15) is 5.26 Å². The van der Waals surface area contributed by atoms with E-state index in [4.69, 9.17) is 16.9 Å². The quantitative estimate of drug-likeness (QED) is 0.526. The van der Waals surface area contributed by atoms with Crippen molar-refractivity contribution in [2.24, 2.45) is 4.99 Å². The second kappa shape index (κ2) is 9.33. The summed E-state index contributed by atoms with van der Waals surface area (Å²) < 4.78 is 28.4. The molecule has 2 aliphatic heterocycles. The third-order valence-corrected chi connectivity index (χ3v) is 6.98. The summed E-state index contributed by atoms with van der Waals surface area (Å²) >= 11 is 7.60. The van der Waals surface area contributed by atoms with Gasteiger partial charge in [0.05, 0.1) is 23.8 Å². The van der Waals surface area contributed by atoms with E-state index in [1.165, 1.54) is 42.7 Å². The number of benzene rings is 1. The van der Waals surface area contributed by atoms with E-state index in [0.717, 1.165) is 4.90 Å². The van der Waals surface area contributed by atoms with Crippen LogP contribution in [0.1, 0.15) is 35.5 Å². The van der Waals surface area contributed by atoms with Gasteiger partial charge in [0.1, 0.15) is 12.1 Å². The first-order valence-electron chi connectivity index (χ1n) is 10.3. The van der Waals surface area contributed by atoms with Gasteiger partial charge in [-0.1, -0.05) is 17.7 Å². The number of carbonyl (C=O) groups is 2. The summed E-state index contributed by atoms with van der Waals surface area (Å²) in [4.78, 5) is 34.0. The van der Waals surface area contributed by atoms with Crippen molar-refractivity contribution in [3.8, 4) is 6.07 Å². The van der Waals surface area contributed by atoms with Crippen molar-refractivity contribution < 1.29 is 28.6 Å². The molecule has 13 heteroatoms. The lowest BCUT2D eigenvalue weighted by atomic mass is 9.92. The van der Waals surface area contributed by atoms with Crippen LogP contribution in [0, 0.1) is 11.3 Å². The lowest BCUT2D eigenvalue weighted by Crippen LogP contribution is -2.48. The third-order valence-electron chi connectivity index (χ3n) is 5.87. The Bertz CT molecular complexity index is 1290. The molecular formula is C22H18ClF2N5O4S. The number of hydrogen-bond donors (Lipinski definition) is 3. The first kappa shape index (κ1) is 24.7. The first-order valence-corrected chi connectivity index (χ1v) is 11.6. The van der Waals surface area contributed by atoms with Crippen LogP contribution in [0.15, 0.2) is 46.0 Å². The van der Waals surface area contributed by atoms with Gasteiger partial charge in [-0.3, -0.25) is 14.7 Å². The number of carboxylic acid groups (broad SMARTS) is 2.